The fourth-order valence-electron chi connectivity index (χ4n) is 2.73. The number of nitrogens with zero attached hydrogens (tertiary/aromatic N) is 1. The number of likely N-dealkylation sites (tertiary alicyclic amines) is 1. The van der Waals surface area contributed by atoms with Gasteiger partial charge in [0, 0.05) is 13.7 Å². The van der Waals surface area contributed by atoms with E-state index in [9.17, 15) is 14.7 Å². The number of carbonyl (C=O) groups excluding carboxylic acids is 2. The molecule has 0 saturated carbocycles. The molecule has 0 bridgehead atoms. The van der Waals surface area contributed by atoms with Gasteiger partial charge in [-0.1, -0.05) is 24.3 Å². The van der Waals surface area contributed by atoms with Crippen molar-refractivity contribution in [3.05, 3.63) is 35.4 Å². The van der Waals surface area contributed by atoms with Crippen molar-refractivity contribution in [1.29, 1.82) is 0 Å². The molecule has 6 nitrogen and oxygen atoms in total. The van der Waals surface area contributed by atoms with Crippen molar-refractivity contribution in [1.82, 2.24) is 4.90 Å². The van der Waals surface area contributed by atoms with Crippen LogP contribution in [0.3, 0.4) is 0 Å². The van der Waals surface area contributed by atoms with Crippen molar-refractivity contribution < 1.29 is 19.4 Å². The minimum atomic E-state index is -1.61. The number of β-amino-alcohol motifs (C(OH)–C–C–N with tert-alkyl or cyclic N) is 1. The van der Waals surface area contributed by atoms with Crippen LogP contribution < -0.4 is 5.73 Å². The summed E-state index contributed by atoms with van der Waals surface area (Å²) in [5, 5.41) is 10.2. The molecule has 1 aliphatic rings. The average molecular weight is 306 g/mol. The summed E-state index contributed by atoms with van der Waals surface area (Å²) in [5.74, 6) is -0.888. The maximum absolute atomic E-state index is 12.4. The molecular formula is C16H22N2O4. The van der Waals surface area contributed by atoms with Crippen molar-refractivity contribution in [3.8, 4) is 0 Å². The van der Waals surface area contributed by atoms with E-state index >= 15 is 0 Å². The lowest BCUT2D eigenvalue weighted by Gasteiger charge is -2.37. The molecule has 0 spiro atoms. The van der Waals surface area contributed by atoms with Crippen LogP contribution in [0.15, 0.2) is 24.3 Å². The maximum atomic E-state index is 12.4. The minimum Gasteiger partial charge on any atom is -0.380 e. The van der Waals surface area contributed by atoms with Gasteiger partial charge in [0.25, 0.3) is 5.91 Å². The van der Waals surface area contributed by atoms with E-state index in [-0.39, 0.29) is 18.9 Å². The molecule has 0 aliphatic carbocycles. The van der Waals surface area contributed by atoms with Crippen LogP contribution in [0, 0.1) is 0 Å². The van der Waals surface area contributed by atoms with Gasteiger partial charge in [-0.05, 0) is 24.0 Å². The Hall–Kier alpha value is -1.92. The number of aliphatic hydroxyl groups is 1. The predicted molar refractivity (Wildman–Crippen MR) is 80.8 cm³/mol. The molecule has 120 valence electrons. The van der Waals surface area contributed by atoms with Crippen LogP contribution in [-0.4, -0.2) is 47.6 Å². The maximum Gasteiger partial charge on any atom is 0.251 e. The first-order valence-electron chi connectivity index (χ1n) is 7.31. The zero-order valence-corrected chi connectivity index (χ0v) is 12.7. The number of methoxy groups -OCH3 is 1. The Morgan fingerprint density at radius 2 is 2.14 bits per heavy atom. The van der Waals surface area contributed by atoms with Gasteiger partial charge < -0.3 is 20.5 Å². The van der Waals surface area contributed by atoms with E-state index in [4.69, 9.17) is 10.5 Å². The van der Waals surface area contributed by atoms with Gasteiger partial charge in [0.1, 0.15) is 0 Å². The first-order chi connectivity index (χ1) is 10.4. The summed E-state index contributed by atoms with van der Waals surface area (Å²) >= 11 is 0. The number of amides is 2. The van der Waals surface area contributed by atoms with E-state index in [2.05, 4.69) is 0 Å². The summed E-state index contributed by atoms with van der Waals surface area (Å²) < 4.78 is 5.08. The average Bonchev–Trinajstić information content (AvgIpc) is 2.48. The number of primary amides is 1. The van der Waals surface area contributed by atoms with Gasteiger partial charge in [-0.2, -0.15) is 0 Å². The summed E-state index contributed by atoms with van der Waals surface area (Å²) in [6.07, 6.45) is 1.09. The number of rotatable bonds is 5. The molecule has 1 aliphatic heterocycles. The molecule has 0 radical (unpaired) electrons. The predicted octanol–water partition coefficient (Wildman–Crippen LogP) is 0.214. The number of benzene rings is 1. The van der Waals surface area contributed by atoms with Crippen molar-refractivity contribution in [3.63, 3.8) is 0 Å². The lowest BCUT2D eigenvalue weighted by Crippen LogP contribution is -2.57. The van der Waals surface area contributed by atoms with E-state index in [0.717, 1.165) is 11.1 Å². The highest BCUT2D eigenvalue weighted by molar-refractivity contribution is 5.85. The van der Waals surface area contributed by atoms with Crippen LogP contribution in [0.1, 0.15) is 24.0 Å². The molecule has 1 saturated heterocycles. The number of piperidine rings is 1. The minimum absolute atomic E-state index is 0.0288. The Labute approximate surface area is 129 Å². The first kappa shape index (κ1) is 16.5. The molecule has 1 aromatic carbocycles. The highest BCUT2D eigenvalue weighted by Crippen LogP contribution is 2.21. The number of hydrogen-bond acceptors (Lipinski definition) is 4. The van der Waals surface area contributed by atoms with Crippen LogP contribution in [0.4, 0.5) is 0 Å². The van der Waals surface area contributed by atoms with Gasteiger partial charge in [-0.25, -0.2) is 0 Å². The molecule has 1 heterocycles. The van der Waals surface area contributed by atoms with Gasteiger partial charge in [0.15, 0.2) is 5.60 Å². The Morgan fingerprint density at radius 3 is 2.82 bits per heavy atom. The largest absolute Gasteiger partial charge is 0.380 e. The third-order valence-corrected chi connectivity index (χ3v) is 3.94. The Kier molecular flexibility index (Phi) is 5.15. The molecule has 22 heavy (non-hydrogen) atoms. The fraction of sp³-hybridized carbons (Fsp3) is 0.500. The summed E-state index contributed by atoms with van der Waals surface area (Å²) in [6, 6.07) is 7.62. The first-order valence-corrected chi connectivity index (χ1v) is 7.31. The summed E-state index contributed by atoms with van der Waals surface area (Å²) in [5.41, 5.74) is 5.51. The van der Waals surface area contributed by atoms with Gasteiger partial charge in [-0.3, -0.25) is 9.59 Å². The van der Waals surface area contributed by atoms with Crippen molar-refractivity contribution in [2.45, 2.75) is 31.5 Å². The molecule has 0 aromatic heterocycles. The number of nitrogens with two attached hydrogens (primary N) is 1. The lowest BCUT2D eigenvalue weighted by atomic mass is 9.92. The standard InChI is InChI=1S/C16H22N2O4/c1-22-10-13-5-2-4-12(8-13)9-14(19)18-7-3-6-16(21,11-18)15(17)20/h2,4-5,8,21H,3,6-7,9-11H2,1H3,(H2,17,20). The van der Waals surface area contributed by atoms with E-state index in [1.807, 2.05) is 24.3 Å². The normalized spacial score (nSPS) is 21.6. The Balaban J connectivity index is 2.02. The number of carbonyl (C=O) groups is 2. The molecular weight excluding hydrogens is 284 g/mol. The van der Waals surface area contributed by atoms with Gasteiger partial charge in [0.2, 0.25) is 5.91 Å². The summed E-state index contributed by atoms with van der Waals surface area (Å²) in [7, 11) is 1.62. The molecule has 6 heteroatoms. The van der Waals surface area contributed by atoms with Gasteiger partial charge in [-0.15, -0.1) is 0 Å². The summed E-state index contributed by atoms with van der Waals surface area (Å²) in [6.45, 7) is 0.998. The highest BCUT2D eigenvalue weighted by atomic mass is 16.5. The van der Waals surface area contributed by atoms with E-state index in [0.29, 0.717) is 26.0 Å². The van der Waals surface area contributed by atoms with Gasteiger partial charge >= 0.3 is 0 Å². The number of ether oxygens (including phenoxy) is 1. The van der Waals surface area contributed by atoms with Crippen LogP contribution in [0.5, 0.6) is 0 Å². The van der Waals surface area contributed by atoms with Crippen molar-refractivity contribution >= 4 is 11.8 Å². The quantitative estimate of drug-likeness (QED) is 0.813. The van der Waals surface area contributed by atoms with E-state index in [1.54, 1.807) is 7.11 Å². The molecule has 2 rings (SSSR count). The second-order valence-electron chi connectivity index (χ2n) is 5.74. The monoisotopic (exact) mass is 306 g/mol. The Morgan fingerprint density at radius 1 is 1.41 bits per heavy atom. The molecule has 2 amide bonds. The van der Waals surface area contributed by atoms with Crippen LogP contribution >= 0.6 is 0 Å². The van der Waals surface area contributed by atoms with Crippen molar-refractivity contribution in [2.75, 3.05) is 20.2 Å². The third kappa shape index (κ3) is 3.84. The topological polar surface area (TPSA) is 92.9 Å². The Bertz CT molecular complexity index is 561. The smallest absolute Gasteiger partial charge is 0.251 e. The zero-order chi connectivity index (χ0) is 16.2. The second kappa shape index (κ2) is 6.89. The summed E-state index contributed by atoms with van der Waals surface area (Å²) in [4.78, 5) is 25.2. The van der Waals surface area contributed by atoms with Gasteiger partial charge in [0.05, 0.1) is 19.6 Å². The zero-order valence-electron chi connectivity index (χ0n) is 12.7. The molecule has 1 aromatic rings. The second-order valence-corrected chi connectivity index (χ2v) is 5.74. The van der Waals surface area contributed by atoms with E-state index < -0.39 is 11.5 Å². The molecule has 1 unspecified atom stereocenters. The SMILES string of the molecule is COCc1cccc(CC(=O)N2CCCC(O)(C(N)=O)C2)c1. The lowest BCUT2D eigenvalue weighted by molar-refractivity contribution is -0.148. The van der Waals surface area contributed by atoms with Crippen LogP contribution in [0.25, 0.3) is 0 Å². The highest BCUT2D eigenvalue weighted by Gasteiger charge is 2.40. The van der Waals surface area contributed by atoms with Crippen molar-refractivity contribution in [2.24, 2.45) is 5.73 Å². The molecule has 1 atom stereocenters. The molecule has 1 fully saturated rings. The van der Waals surface area contributed by atoms with E-state index in [1.165, 1.54) is 4.90 Å². The third-order valence-electron chi connectivity index (χ3n) is 3.94. The fourth-order valence-corrected chi connectivity index (χ4v) is 2.73. The number of hydrogen-bond donors (Lipinski definition) is 2. The van der Waals surface area contributed by atoms with Crippen LogP contribution in [0.2, 0.25) is 0 Å². The van der Waals surface area contributed by atoms with Crippen LogP contribution in [-0.2, 0) is 27.4 Å². The molecule has 3 N–H and O–H groups in total.